The molecule has 2 aromatic carbocycles. The van der Waals surface area contributed by atoms with Crippen LogP contribution in [0.25, 0.3) is 22.5 Å². The molecule has 0 saturated carbocycles. The van der Waals surface area contributed by atoms with Gasteiger partial charge in [-0.05, 0) is 102 Å². The summed E-state index contributed by atoms with van der Waals surface area (Å²) >= 11 is 0. The van der Waals surface area contributed by atoms with E-state index in [-0.39, 0.29) is 42.9 Å². The molecule has 16 nitrogen and oxygen atoms in total. The number of nitrogens with one attached hydrogen (secondary N) is 7. The fourth-order valence-electron chi connectivity index (χ4n) is 7.77. The minimum Gasteiger partial charge on any atom is -0.444 e. The summed E-state index contributed by atoms with van der Waals surface area (Å²) in [5, 5.41) is 15.2. The molecule has 0 radical (unpaired) electrons. The number of rotatable bonds is 13. The van der Waals surface area contributed by atoms with Crippen molar-refractivity contribution < 1.29 is 28.7 Å². The molecule has 0 spiro atoms. The Hall–Kier alpha value is -7.59. The number of likely N-dealkylation sites (N-methyl/N-ethyl adjacent to an activating group) is 1. The second-order valence-corrected chi connectivity index (χ2v) is 17.1. The Balaban J connectivity index is 0.000000202. The van der Waals surface area contributed by atoms with Gasteiger partial charge in [-0.25, -0.2) is 14.8 Å². The number of hydrogen-bond donors (Lipinski definition) is 7. The fourth-order valence-corrected chi connectivity index (χ4v) is 7.77. The number of aromatic nitrogens is 4. The van der Waals surface area contributed by atoms with Gasteiger partial charge in [-0.2, -0.15) is 0 Å². The Morgan fingerprint density at radius 3 is 1.61 bits per heavy atom. The molecule has 0 atom stereocenters. The molecule has 0 bridgehead atoms. The molecule has 6 aromatic rings. The van der Waals surface area contributed by atoms with Gasteiger partial charge in [0.2, 0.25) is 11.8 Å². The van der Waals surface area contributed by atoms with Crippen molar-refractivity contribution in [3.63, 3.8) is 0 Å². The maximum Gasteiger partial charge on any atom is 0.410 e. The number of benzene rings is 2. The van der Waals surface area contributed by atoms with Crippen molar-refractivity contribution >= 4 is 63.9 Å². The first-order valence-corrected chi connectivity index (χ1v) is 22.1. The predicted octanol–water partition coefficient (Wildman–Crippen LogP) is 9.03. The number of ketones is 2. The van der Waals surface area contributed by atoms with Crippen LogP contribution in [0.5, 0.6) is 0 Å². The number of para-hydroxylation sites is 2. The van der Waals surface area contributed by atoms with Gasteiger partial charge in [0, 0.05) is 79.1 Å². The number of pyridine rings is 2. The number of Topliss-reactive ketones (excluding diaryl/α,β-unsaturated/α-hetero) is 2. The largest absolute Gasteiger partial charge is 0.444 e. The molecule has 8 rings (SSSR count). The molecule has 0 aliphatic heterocycles. The van der Waals surface area contributed by atoms with Crippen LogP contribution in [0.3, 0.4) is 0 Å². The number of H-pyrrole nitrogens is 2. The van der Waals surface area contributed by atoms with E-state index in [1.54, 1.807) is 53.3 Å². The lowest BCUT2D eigenvalue weighted by atomic mass is 9.95. The highest BCUT2D eigenvalue weighted by molar-refractivity contribution is 6.08. The van der Waals surface area contributed by atoms with Gasteiger partial charge in [-0.3, -0.25) is 19.2 Å². The smallest absolute Gasteiger partial charge is 0.410 e. The van der Waals surface area contributed by atoms with Crippen LogP contribution in [0, 0.1) is 0 Å². The summed E-state index contributed by atoms with van der Waals surface area (Å²) in [4.78, 5) is 78.9. The average molecular weight is 893 g/mol. The zero-order valence-corrected chi connectivity index (χ0v) is 37.9. The zero-order chi connectivity index (χ0) is 46.8. The Kier molecular flexibility index (Phi) is 14.7. The van der Waals surface area contributed by atoms with E-state index in [4.69, 9.17) is 4.74 Å². The van der Waals surface area contributed by atoms with Gasteiger partial charge in [0.25, 0.3) is 0 Å². The van der Waals surface area contributed by atoms with E-state index in [1.807, 2.05) is 78.9 Å². The highest BCUT2D eigenvalue weighted by atomic mass is 16.6. The minimum absolute atomic E-state index is 0.0910. The van der Waals surface area contributed by atoms with E-state index in [1.165, 1.54) is 4.90 Å². The Bertz CT molecular complexity index is 2710. The average Bonchev–Trinajstić information content (AvgIpc) is 3.86. The van der Waals surface area contributed by atoms with Gasteiger partial charge >= 0.3 is 6.09 Å². The highest BCUT2D eigenvalue weighted by Gasteiger charge is 2.29. The molecule has 0 fully saturated rings. The van der Waals surface area contributed by atoms with Crippen molar-refractivity contribution in [1.29, 1.82) is 0 Å². The lowest BCUT2D eigenvalue weighted by Crippen LogP contribution is -2.35. The molecule has 2 aliphatic carbocycles. The molecular weight excluding hydrogens is 837 g/mol. The van der Waals surface area contributed by atoms with Crippen LogP contribution in [0.4, 0.5) is 39.2 Å². The third-order valence-electron chi connectivity index (χ3n) is 10.8. The quantitative estimate of drug-likeness (QED) is 0.0581. The SMILES string of the molecule is CN(CCC(=O)Nc1cc(-c2[nH]c3c(c2Nc2ccccc2)C(=O)CCC3)ccn1)C(=O)OC(C)(C)C.CNCC(=O)Nc1cc(-c2[nH]c3c(c2Nc2ccccc2)C(=O)CCC3)ccn1. The molecular formula is C50H56N10O6. The number of fused-ring (bicyclic) bond motifs is 2. The summed E-state index contributed by atoms with van der Waals surface area (Å²) < 4.78 is 5.32. The van der Waals surface area contributed by atoms with Crippen LogP contribution in [0.2, 0.25) is 0 Å². The molecule has 66 heavy (non-hydrogen) atoms. The predicted molar refractivity (Wildman–Crippen MR) is 257 cm³/mol. The zero-order valence-electron chi connectivity index (χ0n) is 37.9. The fraction of sp³-hybridized carbons (Fsp3) is 0.300. The van der Waals surface area contributed by atoms with Crippen LogP contribution in [0.1, 0.15) is 85.0 Å². The van der Waals surface area contributed by atoms with E-state index >= 15 is 0 Å². The third kappa shape index (κ3) is 11.7. The molecule has 342 valence electrons. The molecule has 4 heterocycles. The molecule has 16 heteroatoms. The summed E-state index contributed by atoms with van der Waals surface area (Å²) in [7, 11) is 3.31. The molecule has 4 aromatic heterocycles. The topological polar surface area (TPSA) is 215 Å². The number of aromatic amines is 2. The van der Waals surface area contributed by atoms with Gasteiger partial charge in [-0.15, -0.1) is 0 Å². The number of amides is 3. The van der Waals surface area contributed by atoms with Crippen molar-refractivity contribution in [3.8, 4) is 22.5 Å². The van der Waals surface area contributed by atoms with Crippen molar-refractivity contribution in [3.05, 3.63) is 120 Å². The van der Waals surface area contributed by atoms with Crippen LogP contribution >= 0.6 is 0 Å². The summed E-state index contributed by atoms with van der Waals surface area (Å²) in [6.07, 6.45) is 7.23. The number of ether oxygens (including phenoxy) is 1. The summed E-state index contributed by atoms with van der Waals surface area (Å²) in [6.45, 7) is 5.79. The number of carbonyl (C=O) groups excluding carboxylic acids is 5. The van der Waals surface area contributed by atoms with Crippen LogP contribution in [-0.2, 0) is 27.2 Å². The lowest BCUT2D eigenvalue weighted by Gasteiger charge is -2.24. The van der Waals surface area contributed by atoms with Crippen molar-refractivity contribution in [2.45, 2.75) is 71.3 Å². The lowest BCUT2D eigenvalue weighted by molar-refractivity contribution is -0.116. The normalized spacial score (nSPS) is 13.0. The Morgan fingerprint density at radius 1 is 0.682 bits per heavy atom. The summed E-state index contributed by atoms with van der Waals surface area (Å²) in [5.41, 5.74) is 9.20. The number of hydrogen-bond acceptors (Lipinski definition) is 11. The van der Waals surface area contributed by atoms with Crippen LogP contribution in [-0.4, -0.2) is 87.1 Å². The third-order valence-corrected chi connectivity index (χ3v) is 10.8. The monoisotopic (exact) mass is 892 g/mol. The van der Waals surface area contributed by atoms with E-state index in [2.05, 4.69) is 46.5 Å². The van der Waals surface area contributed by atoms with Crippen molar-refractivity contribution in [1.82, 2.24) is 30.2 Å². The molecule has 7 N–H and O–H groups in total. The maximum absolute atomic E-state index is 12.8. The first-order valence-electron chi connectivity index (χ1n) is 22.1. The highest BCUT2D eigenvalue weighted by Crippen LogP contribution is 2.40. The van der Waals surface area contributed by atoms with Crippen LogP contribution < -0.4 is 26.6 Å². The second kappa shape index (κ2) is 20.9. The van der Waals surface area contributed by atoms with E-state index < -0.39 is 11.7 Å². The molecule has 0 saturated heterocycles. The van der Waals surface area contributed by atoms with Gasteiger partial charge in [-0.1, -0.05) is 36.4 Å². The summed E-state index contributed by atoms with van der Waals surface area (Å²) in [5.74, 6) is 0.659. The van der Waals surface area contributed by atoms with Gasteiger partial charge < -0.3 is 46.2 Å². The Labute approximate surface area is 383 Å². The maximum atomic E-state index is 12.8. The minimum atomic E-state index is -0.603. The van der Waals surface area contributed by atoms with E-state index in [0.717, 1.165) is 87.9 Å². The van der Waals surface area contributed by atoms with E-state index in [0.29, 0.717) is 30.0 Å². The van der Waals surface area contributed by atoms with Crippen LogP contribution in [0.15, 0.2) is 97.3 Å². The van der Waals surface area contributed by atoms with Crippen molar-refractivity contribution in [2.24, 2.45) is 0 Å². The molecule has 0 unspecified atom stereocenters. The van der Waals surface area contributed by atoms with Gasteiger partial charge in [0.15, 0.2) is 11.6 Å². The van der Waals surface area contributed by atoms with Crippen molar-refractivity contribution in [2.75, 3.05) is 48.5 Å². The van der Waals surface area contributed by atoms with E-state index in [9.17, 15) is 24.0 Å². The number of anilines is 6. The second-order valence-electron chi connectivity index (χ2n) is 17.1. The Morgan fingerprint density at radius 2 is 1.15 bits per heavy atom. The molecule has 2 aliphatic rings. The first kappa shape index (κ1) is 46.4. The van der Waals surface area contributed by atoms with Gasteiger partial charge in [0.1, 0.15) is 17.2 Å². The molecule has 3 amide bonds. The standard InChI is InChI=1S/C28H33N5O4.C22H23N5O2/c1-28(2,3)37-27(36)33(4)16-14-23(35)32-22-17-18(13-15-29-22)25-26(30-19-9-6-5-7-10-19)24-20(31-25)11-8-12-21(24)34;1-23-13-19(29)27-18-12-14(10-11-24-18)21-22(25-15-6-3-2-4-7-15)20-16(26-21)8-5-9-17(20)28/h5-7,9-10,13,15,17,30-31H,8,11-12,14,16H2,1-4H3,(H,29,32,35);2-4,6-7,10-12,23,25-26H,5,8-9,13H2,1H3,(H,24,27,29). The first-order chi connectivity index (χ1) is 31.8. The number of nitrogens with zero attached hydrogens (tertiary/aromatic N) is 3. The summed E-state index contributed by atoms with van der Waals surface area (Å²) in [6, 6.07) is 26.8. The van der Waals surface area contributed by atoms with Gasteiger partial charge in [0.05, 0.1) is 40.4 Å². The number of carbonyl (C=O) groups is 5. The number of aryl methyl sites for hydroxylation is 2.